The molecule has 1 heteroatoms. The van der Waals surface area contributed by atoms with Crippen molar-refractivity contribution in [2.75, 3.05) is 0 Å². The van der Waals surface area contributed by atoms with Gasteiger partial charge >= 0.3 is 0 Å². The maximum Gasteiger partial charge on any atom is 0.0939 e. The highest BCUT2D eigenvalue weighted by atomic mass is 16.3. The molecule has 1 aliphatic rings. The summed E-state index contributed by atoms with van der Waals surface area (Å²) in [4.78, 5) is 0. The minimum Gasteiger partial charge on any atom is -0.385 e. The lowest BCUT2D eigenvalue weighted by atomic mass is 10.1. The predicted octanol–water partition coefficient (Wildman–Crippen LogP) is 1.53. The summed E-state index contributed by atoms with van der Waals surface area (Å²) in [5.41, 5.74) is 2.42. The summed E-state index contributed by atoms with van der Waals surface area (Å²) in [5.74, 6) is 0. The molecule has 0 radical (unpaired) electrons. The Hall–Kier alpha value is -1.08. The van der Waals surface area contributed by atoms with Gasteiger partial charge in [-0.05, 0) is 23.6 Å². The lowest BCUT2D eigenvalue weighted by Gasteiger charge is -1.95. The molecule has 56 valence electrons. The molecule has 0 amide bonds. The average Bonchev–Trinajstić information content (AvgIpc) is 2.69. The molecular formula is C10H10O. The third-order valence-electron chi connectivity index (χ3n) is 1.89. The lowest BCUT2D eigenvalue weighted by Crippen LogP contribution is -1.88. The van der Waals surface area contributed by atoms with Crippen molar-refractivity contribution >= 4 is 0 Å². The number of aliphatic hydroxyl groups excluding tert-OH is 1. The molecule has 2 rings (SSSR count). The van der Waals surface area contributed by atoms with E-state index in [2.05, 4.69) is 12.1 Å². The van der Waals surface area contributed by atoms with E-state index in [-0.39, 0.29) is 6.10 Å². The van der Waals surface area contributed by atoms with E-state index in [1.54, 1.807) is 0 Å². The molecule has 1 aromatic rings. The van der Waals surface area contributed by atoms with Crippen LogP contribution >= 0.6 is 0 Å². The van der Waals surface area contributed by atoms with Crippen LogP contribution in [0, 0.1) is 0 Å². The van der Waals surface area contributed by atoms with Gasteiger partial charge in [0.2, 0.25) is 0 Å². The van der Waals surface area contributed by atoms with E-state index in [1.807, 2.05) is 24.3 Å². The number of rotatable bonds is 2. The van der Waals surface area contributed by atoms with Crippen molar-refractivity contribution < 1.29 is 5.11 Å². The van der Waals surface area contributed by atoms with Crippen LogP contribution < -0.4 is 0 Å². The molecule has 1 nitrogen and oxygen atoms in total. The molecule has 1 unspecified atom stereocenters. The molecule has 0 spiro atoms. The van der Waals surface area contributed by atoms with Gasteiger partial charge in [0.25, 0.3) is 0 Å². The zero-order valence-corrected chi connectivity index (χ0v) is 6.20. The quantitative estimate of drug-likeness (QED) is 0.627. The Morgan fingerprint density at radius 1 is 1.18 bits per heavy atom. The summed E-state index contributed by atoms with van der Waals surface area (Å²) in [6.07, 6.45) is 2.56. The van der Waals surface area contributed by atoms with E-state index in [0.29, 0.717) is 0 Å². The van der Waals surface area contributed by atoms with Gasteiger partial charge in [-0.25, -0.2) is 0 Å². The second-order valence-electron chi connectivity index (χ2n) is 2.85. The zero-order valence-electron chi connectivity index (χ0n) is 6.20. The summed E-state index contributed by atoms with van der Waals surface area (Å²) in [6, 6.07) is 10.2. The highest BCUT2D eigenvalue weighted by Gasteiger charge is 2.20. The first-order chi connectivity index (χ1) is 5.36. The molecule has 0 fully saturated rings. The Balaban J connectivity index is 2.03. The fourth-order valence-electron chi connectivity index (χ4n) is 1.15. The first-order valence-electron chi connectivity index (χ1n) is 3.79. The van der Waals surface area contributed by atoms with Gasteiger partial charge in [0.1, 0.15) is 0 Å². The molecule has 0 aliphatic heterocycles. The normalized spacial score (nSPS) is 21.2. The van der Waals surface area contributed by atoms with Crippen LogP contribution in [0.2, 0.25) is 0 Å². The molecule has 11 heavy (non-hydrogen) atoms. The Kier molecular flexibility index (Phi) is 1.51. The molecular weight excluding hydrogens is 136 g/mol. The van der Waals surface area contributed by atoms with Gasteiger partial charge in [0.15, 0.2) is 0 Å². The third-order valence-corrected chi connectivity index (χ3v) is 1.89. The molecule has 0 saturated carbocycles. The average molecular weight is 146 g/mol. The van der Waals surface area contributed by atoms with Gasteiger partial charge in [-0.2, -0.15) is 0 Å². The van der Waals surface area contributed by atoms with Gasteiger partial charge in [-0.15, -0.1) is 0 Å². The van der Waals surface area contributed by atoms with Gasteiger partial charge in [-0.3, -0.25) is 0 Å². The van der Waals surface area contributed by atoms with E-state index >= 15 is 0 Å². The number of aliphatic hydroxyl groups is 1. The second-order valence-corrected chi connectivity index (χ2v) is 2.85. The Morgan fingerprint density at radius 2 is 1.82 bits per heavy atom. The van der Waals surface area contributed by atoms with Crippen molar-refractivity contribution in [1.82, 2.24) is 0 Å². The van der Waals surface area contributed by atoms with Crippen molar-refractivity contribution in [3.05, 3.63) is 47.5 Å². The second kappa shape index (κ2) is 2.51. The highest BCUT2D eigenvalue weighted by Crippen LogP contribution is 2.23. The minimum atomic E-state index is -0.227. The zero-order chi connectivity index (χ0) is 7.68. The van der Waals surface area contributed by atoms with Crippen molar-refractivity contribution in [2.24, 2.45) is 0 Å². The van der Waals surface area contributed by atoms with Crippen molar-refractivity contribution in [1.29, 1.82) is 0 Å². The number of benzene rings is 1. The summed E-state index contributed by atoms with van der Waals surface area (Å²) in [5, 5.41) is 9.00. The van der Waals surface area contributed by atoms with Gasteiger partial charge in [-0.1, -0.05) is 30.3 Å². The molecule has 0 saturated heterocycles. The van der Waals surface area contributed by atoms with Crippen LogP contribution in [0.15, 0.2) is 42.0 Å². The molecule has 1 atom stereocenters. The van der Waals surface area contributed by atoms with Crippen LogP contribution in [0.25, 0.3) is 0 Å². The van der Waals surface area contributed by atoms with Crippen LogP contribution in [-0.2, 0) is 6.42 Å². The molecule has 0 heterocycles. The van der Waals surface area contributed by atoms with Crippen LogP contribution in [-0.4, -0.2) is 11.2 Å². The van der Waals surface area contributed by atoms with E-state index in [9.17, 15) is 0 Å². The number of hydrogen-bond donors (Lipinski definition) is 1. The molecule has 1 aromatic carbocycles. The summed E-state index contributed by atoms with van der Waals surface area (Å²) < 4.78 is 0. The third kappa shape index (κ3) is 1.49. The lowest BCUT2D eigenvalue weighted by molar-refractivity contribution is 0.294. The standard InChI is InChI=1S/C10H10O/c11-10-7-9(10)6-8-4-2-1-3-5-8/h1-5,7,10-11H,6H2. The molecule has 1 aliphatic carbocycles. The Morgan fingerprint density at radius 3 is 2.36 bits per heavy atom. The smallest absolute Gasteiger partial charge is 0.0939 e. The first kappa shape index (κ1) is 6.62. The molecule has 0 bridgehead atoms. The van der Waals surface area contributed by atoms with Crippen molar-refractivity contribution in [3.63, 3.8) is 0 Å². The number of hydrogen-bond acceptors (Lipinski definition) is 1. The first-order valence-corrected chi connectivity index (χ1v) is 3.79. The molecule has 1 N–H and O–H groups in total. The van der Waals surface area contributed by atoms with E-state index < -0.39 is 0 Å². The maximum absolute atomic E-state index is 9.00. The largest absolute Gasteiger partial charge is 0.385 e. The topological polar surface area (TPSA) is 20.2 Å². The fourth-order valence-corrected chi connectivity index (χ4v) is 1.15. The van der Waals surface area contributed by atoms with Gasteiger partial charge in [0.05, 0.1) is 6.10 Å². The van der Waals surface area contributed by atoms with E-state index in [1.165, 1.54) is 5.56 Å². The van der Waals surface area contributed by atoms with Crippen LogP contribution in [0.1, 0.15) is 5.56 Å². The van der Waals surface area contributed by atoms with E-state index in [0.717, 1.165) is 12.0 Å². The van der Waals surface area contributed by atoms with Gasteiger partial charge in [0, 0.05) is 0 Å². The molecule has 0 aromatic heterocycles. The summed E-state index contributed by atoms with van der Waals surface area (Å²) in [7, 11) is 0. The fraction of sp³-hybridized carbons (Fsp3) is 0.200. The Bertz CT molecular complexity index is 274. The van der Waals surface area contributed by atoms with Crippen molar-refractivity contribution in [2.45, 2.75) is 12.5 Å². The van der Waals surface area contributed by atoms with Crippen molar-refractivity contribution in [3.8, 4) is 0 Å². The SMILES string of the molecule is OC1C=C1Cc1ccccc1. The van der Waals surface area contributed by atoms with E-state index in [4.69, 9.17) is 5.11 Å². The van der Waals surface area contributed by atoms with Crippen LogP contribution in [0.3, 0.4) is 0 Å². The summed E-state index contributed by atoms with van der Waals surface area (Å²) >= 11 is 0. The summed E-state index contributed by atoms with van der Waals surface area (Å²) in [6.45, 7) is 0. The Labute approximate surface area is 66.0 Å². The maximum atomic E-state index is 9.00. The van der Waals surface area contributed by atoms with Crippen LogP contribution in [0.5, 0.6) is 0 Å². The van der Waals surface area contributed by atoms with Gasteiger partial charge < -0.3 is 5.11 Å². The van der Waals surface area contributed by atoms with Crippen LogP contribution in [0.4, 0.5) is 0 Å². The highest BCUT2D eigenvalue weighted by molar-refractivity contribution is 5.36. The monoisotopic (exact) mass is 146 g/mol. The predicted molar refractivity (Wildman–Crippen MR) is 44.2 cm³/mol. The minimum absolute atomic E-state index is 0.227.